The Hall–Kier alpha value is -1.22. The summed E-state index contributed by atoms with van der Waals surface area (Å²) >= 11 is 6.12. The molecule has 0 saturated heterocycles. The summed E-state index contributed by atoms with van der Waals surface area (Å²) in [6.07, 6.45) is 3.95. The monoisotopic (exact) mass is 266 g/mol. The molecule has 0 aromatic heterocycles. The zero-order chi connectivity index (χ0) is 13.1. The van der Waals surface area contributed by atoms with Gasteiger partial charge in [-0.25, -0.2) is 0 Å². The fraction of sp³-hybridized carbons (Fsp3) is 0.500. The van der Waals surface area contributed by atoms with Gasteiger partial charge in [0, 0.05) is 18.7 Å². The third-order valence-electron chi connectivity index (χ3n) is 3.08. The lowest BCUT2D eigenvalue weighted by atomic mass is 10.1. The smallest absolute Gasteiger partial charge is 0.221 e. The van der Waals surface area contributed by atoms with Gasteiger partial charge in [-0.05, 0) is 37.5 Å². The molecule has 0 spiro atoms. The molecule has 4 heteroatoms. The van der Waals surface area contributed by atoms with Gasteiger partial charge in [0.25, 0.3) is 0 Å². The first-order valence-electron chi connectivity index (χ1n) is 6.38. The standard InChI is InChI=1S/C14H19ClN2O/c1-9(7-11-3-4-11)16-12-5-6-14(13(15)8-12)17-10(2)18/h5-6,8-9,11,16H,3-4,7H2,1-2H3,(H,17,18). The third-order valence-corrected chi connectivity index (χ3v) is 3.39. The van der Waals surface area contributed by atoms with Crippen LogP contribution < -0.4 is 10.6 Å². The van der Waals surface area contributed by atoms with Gasteiger partial charge in [-0.15, -0.1) is 0 Å². The van der Waals surface area contributed by atoms with Crippen LogP contribution in [0.25, 0.3) is 0 Å². The molecule has 1 aliphatic rings. The van der Waals surface area contributed by atoms with E-state index in [9.17, 15) is 4.79 Å². The maximum Gasteiger partial charge on any atom is 0.221 e. The van der Waals surface area contributed by atoms with Crippen molar-refractivity contribution in [1.82, 2.24) is 0 Å². The molecule has 1 aliphatic carbocycles. The number of halogens is 1. The minimum atomic E-state index is -0.111. The lowest BCUT2D eigenvalue weighted by molar-refractivity contribution is -0.114. The van der Waals surface area contributed by atoms with Gasteiger partial charge in [0.15, 0.2) is 0 Å². The first kappa shape index (κ1) is 13.2. The molecule has 0 heterocycles. The van der Waals surface area contributed by atoms with E-state index in [2.05, 4.69) is 17.6 Å². The number of anilines is 2. The van der Waals surface area contributed by atoms with E-state index in [0.717, 1.165) is 11.6 Å². The van der Waals surface area contributed by atoms with Crippen LogP contribution in [0, 0.1) is 5.92 Å². The molecule has 0 bridgehead atoms. The molecule has 1 amide bonds. The number of rotatable bonds is 5. The van der Waals surface area contributed by atoms with E-state index in [0.29, 0.717) is 16.8 Å². The molecule has 1 atom stereocenters. The minimum Gasteiger partial charge on any atom is -0.383 e. The van der Waals surface area contributed by atoms with Crippen molar-refractivity contribution < 1.29 is 4.79 Å². The highest BCUT2D eigenvalue weighted by atomic mass is 35.5. The number of benzene rings is 1. The van der Waals surface area contributed by atoms with Gasteiger partial charge in [0.05, 0.1) is 10.7 Å². The van der Waals surface area contributed by atoms with E-state index >= 15 is 0 Å². The van der Waals surface area contributed by atoms with Gasteiger partial charge in [-0.3, -0.25) is 4.79 Å². The molecule has 18 heavy (non-hydrogen) atoms. The summed E-state index contributed by atoms with van der Waals surface area (Å²) < 4.78 is 0. The van der Waals surface area contributed by atoms with Crippen molar-refractivity contribution in [3.63, 3.8) is 0 Å². The fourth-order valence-corrected chi connectivity index (χ4v) is 2.32. The van der Waals surface area contributed by atoms with Crippen LogP contribution in [-0.2, 0) is 4.79 Å². The summed E-state index contributed by atoms with van der Waals surface area (Å²) in [4.78, 5) is 11.0. The van der Waals surface area contributed by atoms with Crippen molar-refractivity contribution in [3.05, 3.63) is 23.2 Å². The van der Waals surface area contributed by atoms with Crippen LogP contribution in [0.5, 0.6) is 0 Å². The van der Waals surface area contributed by atoms with Gasteiger partial charge >= 0.3 is 0 Å². The predicted octanol–water partition coefficient (Wildman–Crippen LogP) is 3.90. The topological polar surface area (TPSA) is 41.1 Å². The van der Waals surface area contributed by atoms with E-state index in [-0.39, 0.29) is 5.91 Å². The van der Waals surface area contributed by atoms with Crippen molar-refractivity contribution in [1.29, 1.82) is 0 Å². The molecule has 2 N–H and O–H groups in total. The highest BCUT2D eigenvalue weighted by Gasteiger charge is 2.23. The summed E-state index contributed by atoms with van der Waals surface area (Å²) in [5, 5.41) is 6.70. The Morgan fingerprint density at radius 1 is 1.50 bits per heavy atom. The molecule has 1 aromatic carbocycles. The maximum absolute atomic E-state index is 11.0. The number of amides is 1. The summed E-state index contributed by atoms with van der Waals surface area (Å²) in [5.41, 5.74) is 1.66. The zero-order valence-corrected chi connectivity index (χ0v) is 11.6. The number of hydrogen-bond acceptors (Lipinski definition) is 2. The number of hydrogen-bond donors (Lipinski definition) is 2. The molecular weight excluding hydrogens is 248 g/mol. The zero-order valence-electron chi connectivity index (χ0n) is 10.8. The van der Waals surface area contributed by atoms with Crippen LogP contribution >= 0.6 is 11.6 Å². The molecule has 1 saturated carbocycles. The molecule has 3 nitrogen and oxygen atoms in total. The molecule has 1 fully saturated rings. The average molecular weight is 267 g/mol. The third kappa shape index (κ3) is 3.91. The Bertz CT molecular complexity index is 443. The molecule has 1 aromatic rings. The highest BCUT2D eigenvalue weighted by Crippen LogP contribution is 2.34. The first-order valence-corrected chi connectivity index (χ1v) is 6.76. The largest absolute Gasteiger partial charge is 0.383 e. The molecule has 0 aliphatic heterocycles. The second-order valence-corrected chi connectivity index (χ2v) is 5.51. The molecule has 0 radical (unpaired) electrons. The van der Waals surface area contributed by atoms with Gasteiger partial charge in [-0.2, -0.15) is 0 Å². The van der Waals surface area contributed by atoms with Gasteiger partial charge in [0.2, 0.25) is 5.91 Å². The normalized spacial score (nSPS) is 16.2. The van der Waals surface area contributed by atoms with E-state index in [1.54, 1.807) is 0 Å². The van der Waals surface area contributed by atoms with Crippen LogP contribution in [0.2, 0.25) is 5.02 Å². The number of carbonyl (C=O) groups excluding carboxylic acids is 1. The van der Waals surface area contributed by atoms with Crippen molar-refractivity contribution in [2.45, 2.75) is 39.2 Å². The first-order chi connectivity index (χ1) is 8.54. The lowest BCUT2D eigenvalue weighted by Gasteiger charge is -2.16. The molecule has 1 unspecified atom stereocenters. The Balaban J connectivity index is 1.96. The molecule has 2 rings (SSSR count). The summed E-state index contributed by atoms with van der Waals surface area (Å²) in [6.45, 7) is 3.66. The average Bonchev–Trinajstić information content (AvgIpc) is 3.05. The Kier molecular flexibility index (Phi) is 4.12. The molecule has 98 valence electrons. The summed E-state index contributed by atoms with van der Waals surface area (Å²) in [6, 6.07) is 6.09. The van der Waals surface area contributed by atoms with Crippen LogP contribution in [0.4, 0.5) is 11.4 Å². The van der Waals surface area contributed by atoms with Crippen LogP contribution in [0.15, 0.2) is 18.2 Å². The van der Waals surface area contributed by atoms with E-state index in [1.165, 1.54) is 26.2 Å². The Labute approximate surface area is 113 Å². The van der Waals surface area contributed by atoms with Gasteiger partial charge < -0.3 is 10.6 Å². The van der Waals surface area contributed by atoms with Crippen LogP contribution in [0.1, 0.15) is 33.1 Å². The van der Waals surface area contributed by atoms with Gasteiger partial charge in [-0.1, -0.05) is 24.4 Å². The SMILES string of the molecule is CC(=O)Nc1ccc(NC(C)CC2CC2)cc1Cl. The van der Waals surface area contributed by atoms with Crippen molar-refractivity contribution >= 4 is 28.9 Å². The second kappa shape index (κ2) is 5.61. The Morgan fingerprint density at radius 3 is 2.78 bits per heavy atom. The quantitative estimate of drug-likeness (QED) is 0.849. The lowest BCUT2D eigenvalue weighted by Crippen LogP contribution is -2.15. The van der Waals surface area contributed by atoms with Crippen LogP contribution in [0.3, 0.4) is 0 Å². The summed E-state index contributed by atoms with van der Waals surface area (Å²) in [7, 11) is 0. The van der Waals surface area contributed by atoms with E-state index in [1.807, 2.05) is 18.2 Å². The Morgan fingerprint density at radius 2 is 2.22 bits per heavy atom. The van der Waals surface area contributed by atoms with Gasteiger partial charge in [0.1, 0.15) is 0 Å². The van der Waals surface area contributed by atoms with E-state index in [4.69, 9.17) is 11.6 Å². The summed E-state index contributed by atoms with van der Waals surface area (Å²) in [5.74, 6) is 0.793. The number of nitrogens with one attached hydrogen (secondary N) is 2. The molecular formula is C14H19ClN2O. The second-order valence-electron chi connectivity index (χ2n) is 5.10. The fourth-order valence-electron chi connectivity index (χ4n) is 2.09. The minimum absolute atomic E-state index is 0.111. The number of carbonyl (C=O) groups is 1. The predicted molar refractivity (Wildman–Crippen MR) is 76.2 cm³/mol. The van der Waals surface area contributed by atoms with Crippen molar-refractivity contribution in [2.24, 2.45) is 5.92 Å². The highest BCUT2D eigenvalue weighted by molar-refractivity contribution is 6.34. The van der Waals surface area contributed by atoms with E-state index < -0.39 is 0 Å². The van der Waals surface area contributed by atoms with Crippen molar-refractivity contribution in [3.8, 4) is 0 Å². The maximum atomic E-state index is 11.0. The van der Waals surface area contributed by atoms with Crippen LogP contribution in [-0.4, -0.2) is 11.9 Å². The van der Waals surface area contributed by atoms with Crippen molar-refractivity contribution in [2.75, 3.05) is 10.6 Å².